The molecule has 0 fully saturated rings. The second-order valence-corrected chi connectivity index (χ2v) is 3.78. The monoisotopic (exact) mass is 251 g/mol. The van der Waals surface area contributed by atoms with Crippen molar-refractivity contribution in [3.63, 3.8) is 0 Å². The summed E-state index contributed by atoms with van der Waals surface area (Å²) in [7, 11) is 2.72. The highest BCUT2D eigenvalue weighted by atomic mass is 16.4. The Morgan fingerprint density at radius 3 is 2.39 bits per heavy atom. The summed E-state index contributed by atoms with van der Waals surface area (Å²) < 4.78 is 2.03. The number of aromatic amines is 1. The second kappa shape index (κ2) is 3.69. The third-order valence-corrected chi connectivity index (χ3v) is 2.69. The van der Waals surface area contributed by atoms with E-state index in [0.29, 0.717) is 0 Å². The van der Waals surface area contributed by atoms with Gasteiger partial charge in [-0.1, -0.05) is 0 Å². The van der Waals surface area contributed by atoms with E-state index in [-0.39, 0.29) is 16.7 Å². The number of aromatic nitrogens is 3. The molecule has 2 aromatic heterocycles. The topological polar surface area (TPSA) is 114 Å². The summed E-state index contributed by atoms with van der Waals surface area (Å²) in [5, 5.41) is 8.59. The average molecular weight is 251 g/mol. The maximum atomic E-state index is 11.8. The molecule has 0 amide bonds. The first-order valence-electron chi connectivity index (χ1n) is 4.91. The summed E-state index contributed by atoms with van der Waals surface area (Å²) in [5.74, 6) is -2.80. The van der Waals surface area contributed by atoms with Crippen molar-refractivity contribution in [1.29, 1.82) is 0 Å². The number of ketones is 1. The first kappa shape index (κ1) is 11.8. The Morgan fingerprint density at radius 2 is 1.83 bits per heavy atom. The lowest BCUT2D eigenvalue weighted by atomic mass is 10.3. The fourth-order valence-electron chi connectivity index (χ4n) is 1.69. The van der Waals surface area contributed by atoms with Gasteiger partial charge in [-0.15, -0.1) is 0 Å². The Labute approximate surface area is 99.1 Å². The van der Waals surface area contributed by atoms with Gasteiger partial charge in [0.1, 0.15) is 5.52 Å². The molecule has 0 spiro atoms. The molecule has 0 aliphatic rings. The molecule has 0 radical (unpaired) electrons. The number of hydrogen-bond acceptors (Lipinski definition) is 4. The van der Waals surface area contributed by atoms with Crippen molar-refractivity contribution in [2.24, 2.45) is 14.1 Å². The quantitative estimate of drug-likeness (QED) is 0.515. The summed E-state index contributed by atoms with van der Waals surface area (Å²) >= 11 is 0. The predicted molar refractivity (Wildman–Crippen MR) is 60.7 cm³/mol. The van der Waals surface area contributed by atoms with E-state index in [9.17, 15) is 19.2 Å². The maximum absolute atomic E-state index is 11.8. The molecule has 0 saturated heterocycles. The third-order valence-electron chi connectivity index (χ3n) is 2.69. The minimum atomic E-state index is -1.64. The molecule has 8 heteroatoms. The standard InChI is InChI=1S/C10H9N3O5/c1-12-5-3-4(7(14)9(16)17)11-6(5)8(15)13(2)10(12)18/h3,11H,1-2H3,(H,16,17). The summed E-state index contributed by atoms with van der Waals surface area (Å²) in [6, 6.07) is 1.18. The highest BCUT2D eigenvalue weighted by Crippen LogP contribution is 2.10. The fourth-order valence-corrected chi connectivity index (χ4v) is 1.69. The number of fused-ring (bicyclic) bond motifs is 1. The van der Waals surface area contributed by atoms with E-state index in [0.717, 1.165) is 9.13 Å². The van der Waals surface area contributed by atoms with Crippen LogP contribution < -0.4 is 11.2 Å². The normalized spacial score (nSPS) is 10.8. The number of hydrogen-bond donors (Lipinski definition) is 2. The Balaban J connectivity index is 2.89. The molecular formula is C10H9N3O5. The van der Waals surface area contributed by atoms with Crippen molar-refractivity contribution in [3.05, 3.63) is 32.6 Å². The van der Waals surface area contributed by atoms with Gasteiger partial charge in [0, 0.05) is 14.1 Å². The van der Waals surface area contributed by atoms with Crippen molar-refractivity contribution in [3.8, 4) is 0 Å². The molecule has 2 rings (SSSR count). The predicted octanol–water partition coefficient (Wildman–Crippen LogP) is -1.17. The molecule has 0 aliphatic heterocycles. The van der Waals surface area contributed by atoms with Crippen molar-refractivity contribution in [2.45, 2.75) is 0 Å². The zero-order chi connectivity index (χ0) is 13.6. The van der Waals surface area contributed by atoms with E-state index in [4.69, 9.17) is 5.11 Å². The number of aryl methyl sites for hydroxylation is 1. The van der Waals surface area contributed by atoms with Crippen LogP contribution in [0.5, 0.6) is 0 Å². The number of nitrogens with one attached hydrogen (secondary N) is 1. The van der Waals surface area contributed by atoms with Crippen LogP contribution in [0.15, 0.2) is 15.7 Å². The number of aliphatic carboxylic acids is 1. The average Bonchev–Trinajstić information content (AvgIpc) is 2.77. The number of rotatable bonds is 2. The molecule has 0 bridgehead atoms. The Morgan fingerprint density at radius 1 is 1.22 bits per heavy atom. The number of carbonyl (C=O) groups is 2. The number of carbonyl (C=O) groups excluding carboxylic acids is 1. The van der Waals surface area contributed by atoms with Gasteiger partial charge in [-0.2, -0.15) is 0 Å². The summed E-state index contributed by atoms with van der Waals surface area (Å²) in [4.78, 5) is 47.7. The van der Waals surface area contributed by atoms with Gasteiger partial charge in [-0.05, 0) is 6.07 Å². The van der Waals surface area contributed by atoms with Gasteiger partial charge in [-0.3, -0.25) is 18.7 Å². The van der Waals surface area contributed by atoms with Gasteiger partial charge in [0.2, 0.25) is 0 Å². The molecular weight excluding hydrogens is 242 g/mol. The highest BCUT2D eigenvalue weighted by molar-refractivity contribution is 6.39. The van der Waals surface area contributed by atoms with Crippen LogP contribution in [0.2, 0.25) is 0 Å². The maximum Gasteiger partial charge on any atom is 0.378 e. The molecule has 0 saturated carbocycles. The molecule has 94 valence electrons. The van der Waals surface area contributed by atoms with Gasteiger partial charge in [0.15, 0.2) is 0 Å². The van der Waals surface area contributed by atoms with Crippen LogP contribution >= 0.6 is 0 Å². The van der Waals surface area contributed by atoms with E-state index in [1.54, 1.807) is 0 Å². The SMILES string of the molecule is Cn1c(=O)c2[nH]c(C(=O)C(=O)O)cc2n(C)c1=O. The highest BCUT2D eigenvalue weighted by Gasteiger charge is 2.20. The zero-order valence-corrected chi connectivity index (χ0v) is 9.55. The molecule has 0 aromatic carbocycles. The first-order valence-corrected chi connectivity index (χ1v) is 4.91. The smallest absolute Gasteiger partial charge is 0.378 e. The molecule has 0 unspecified atom stereocenters. The molecule has 0 aliphatic carbocycles. The Kier molecular flexibility index (Phi) is 2.43. The van der Waals surface area contributed by atoms with E-state index >= 15 is 0 Å². The molecule has 2 aromatic rings. The summed E-state index contributed by atoms with van der Waals surface area (Å²) in [5.41, 5.74) is -1.20. The molecule has 0 atom stereocenters. The van der Waals surface area contributed by atoms with Crippen LogP contribution in [0.4, 0.5) is 0 Å². The lowest BCUT2D eigenvalue weighted by Gasteiger charge is -2.02. The second-order valence-electron chi connectivity index (χ2n) is 3.78. The van der Waals surface area contributed by atoms with E-state index < -0.39 is 23.0 Å². The lowest BCUT2D eigenvalue weighted by Crippen LogP contribution is -2.36. The van der Waals surface area contributed by atoms with E-state index in [2.05, 4.69) is 4.98 Å². The van der Waals surface area contributed by atoms with Crippen LogP contribution in [0.25, 0.3) is 11.0 Å². The largest absolute Gasteiger partial charge is 0.475 e. The van der Waals surface area contributed by atoms with E-state index in [1.165, 1.54) is 20.2 Å². The molecule has 2 N–H and O–H groups in total. The first-order chi connectivity index (χ1) is 8.34. The summed E-state index contributed by atoms with van der Waals surface area (Å²) in [6.45, 7) is 0. The van der Waals surface area contributed by atoms with Crippen molar-refractivity contribution < 1.29 is 14.7 Å². The number of carboxylic acids is 1. The number of carboxylic acid groups (broad SMARTS) is 1. The van der Waals surface area contributed by atoms with Crippen LogP contribution in [-0.4, -0.2) is 31.0 Å². The van der Waals surface area contributed by atoms with E-state index in [1.807, 2.05) is 0 Å². The number of H-pyrrole nitrogens is 1. The lowest BCUT2D eigenvalue weighted by molar-refractivity contribution is -0.131. The Bertz CT molecular complexity index is 792. The van der Waals surface area contributed by atoms with Gasteiger partial charge in [0.25, 0.3) is 11.3 Å². The molecule has 2 heterocycles. The van der Waals surface area contributed by atoms with Crippen LogP contribution in [-0.2, 0) is 18.9 Å². The van der Waals surface area contributed by atoms with Crippen LogP contribution in [0.3, 0.4) is 0 Å². The minimum Gasteiger partial charge on any atom is -0.475 e. The van der Waals surface area contributed by atoms with Gasteiger partial charge >= 0.3 is 11.7 Å². The third kappa shape index (κ3) is 1.46. The number of nitrogens with zero attached hydrogens (tertiary/aromatic N) is 2. The summed E-state index contributed by atoms with van der Waals surface area (Å²) in [6.07, 6.45) is 0. The molecule has 18 heavy (non-hydrogen) atoms. The van der Waals surface area contributed by atoms with Gasteiger partial charge in [-0.25, -0.2) is 9.59 Å². The minimum absolute atomic E-state index is 0.0178. The Hall–Kier alpha value is -2.64. The number of Topliss-reactive ketones (excluding diaryl/α,β-unsaturated/α-hetero) is 1. The molecule has 8 nitrogen and oxygen atoms in total. The van der Waals surface area contributed by atoms with Crippen molar-refractivity contribution in [2.75, 3.05) is 0 Å². The van der Waals surface area contributed by atoms with Crippen LogP contribution in [0.1, 0.15) is 10.5 Å². The fraction of sp³-hybridized carbons (Fsp3) is 0.200. The van der Waals surface area contributed by atoms with Gasteiger partial charge in [0.05, 0.1) is 11.2 Å². The van der Waals surface area contributed by atoms with Crippen molar-refractivity contribution in [1.82, 2.24) is 14.1 Å². The van der Waals surface area contributed by atoms with Gasteiger partial charge < -0.3 is 10.1 Å². The van der Waals surface area contributed by atoms with Crippen LogP contribution in [0, 0.1) is 0 Å². The van der Waals surface area contributed by atoms with Crippen molar-refractivity contribution >= 4 is 22.8 Å². The zero-order valence-electron chi connectivity index (χ0n) is 9.55.